The van der Waals surface area contributed by atoms with E-state index in [1.165, 1.54) is 0 Å². The molecule has 0 fully saturated rings. The number of ketones is 1. The summed E-state index contributed by atoms with van der Waals surface area (Å²) in [5, 5.41) is 0.696. The van der Waals surface area contributed by atoms with Crippen LogP contribution in [-0.2, 0) is 4.74 Å². The van der Waals surface area contributed by atoms with Crippen molar-refractivity contribution < 1.29 is 14.3 Å². The third-order valence-electron chi connectivity index (χ3n) is 5.03. The molecule has 0 bridgehead atoms. The van der Waals surface area contributed by atoms with Crippen molar-refractivity contribution >= 4 is 22.7 Å². The van der Waals surface area contributed by atoms with Crippen molar-refractivity contribution in [2.24, 2.45) is 0 Å². The van der Waals surface area contributed by atoms with Crippen molar-refractivity contribution in [1.82, 2.24) is 4.98 Å². The fourth-order valence-electron chi connectivity index (χ4n) is 3.42. The Morgan fingerprint density at radius 3 is 2.37 bits per heavy atom. The average Bonchev–Trinajstić information content (AvgIpc) is 2.78. The molecule has 4 nitrogen and oxygen atoms in total. The Morgan fingerprint density at radius 1 is 0.833 bits per heavy atom. The highest BCUT2D eigenvalue weighted by molar-refractivity contribution is 6.06. The Morgan fingerprint density at radius 2 is 1.57 bits per heavy atom. The monoisotopic (exact) mass is 395 g/mol. The zero-order valence-corrected chi connectivity index (χ0v) is 16.9. The maximum absolute atomic E-state index is 12.9. The maximum atomic E-state index is 12.9. The lowest BCUT2D eigenvalue weighted by Gasteiger charge is -2.11. The predicted molar refractivity (Wildman–Crippen MR) is 118 cm³/mol. The van der Waals surface area contributed by atoms with Crippen LogP contribution in [-0.4, -0.2) is 23.3 Å². The molecule has 0 aliphatic heterocycles. The molecule has 0 spiro atoms. The number of ether oxygens (including phenoxy) is 1. The number of aromatic nitrogens is 1. The van der Waals surface area contributed by atoms with Crippen molar-refractivity contribution in [3.63, 3.8) is 0 Å². The lowest BCUT2D eigenvalue weighted by molar-refractivity contribution is 0.0476. The molecule has 0 saturated heterocycles. The highest BCUT2D eigenvalue weighted by Crippen LogP contribution is 2.25. The van der Waals surface area contributed by atoms with Crippen LogP contribution in [0.25, 0.3) is 22.2 Å². The molecular weight excluding hydrogens is 374 g/mol. The van der Waals surface area contributed by atoms with Gasteiger partial charge in [0.1, 0.15) is 0 Å². The number of hydrogen-bond donors (Lipinski definition) is 0. The van der Waals surface area contributed by atoms with Crippen molar-refractivity contribution in [2.75, 3.05) is 6.61 Å². The molecule has 0 N–H and O–H groups in total. The van der Waals surface area contributed by atoms with Gasteiger partial charge in [-0.25, -0.2) is 9.78 Å². The number of esters is 1. The number of hydrogen-bond acceptors (Lipinski definition) is 4. The van der Waals surface area contributed by atoms with Gasteiger partial charge >= 0.3 is 5.97 Å². The first-order chi connectivity index (χ1) is 14.5. The number of benzene rings is 3. The second-order valence-corrected chi connectivity index (χ2v) is 7.26. The number of carbonyl (C=O) groups excluding carboxylic acids is 2. The van der Waals surface area contributed by atoms with Crippen molar-refractivity contribution in [3.8, 4) is 11.3 Å². The van der Waals surface area contributed by atoms with Crippen LogP contribution in [0.15, 0.2) is 78.9 Å². The third-order valence-corrected chi connectivity index (χ3v) is 5.03. The zero-order chi connectivity index (χ0) is 21.1. The molecule has 0 radical (unpaired) electrons. The molecule has 0 aliphatic carbocycles. The van der Waals surface area contributed by atoms with E-state index in [0.717, 1.165) is 16.7 Å². The van der Waals surface area contributed by atoms with Gasteiger partial charge in [0.05, 0.1) is 16.8 Å². The number of pyridine rings is 1. The largest absolute Gasteiger partial charge is 0.454 e. The van der Waals surface area contributed by atoms with Crippen LogP contribution in [0.2, 0.25) is 0 Å². The van der Waals surface area contributed by atoms with Gasteiger partial charge in [0.2, 0.25) is 5.78 Å². The van der Waals surface area contributed by atoms with Crippen molar-refractivity contribution in [2.45, 2.75) is 13.8 Å². The van der Waals surface area contributed by atoms with E-state index >= 15 is 0 Å². The van der Waals surface area contributed by atoms with Gasteiger partial charge in [-0.2, -0.15) is 0 Å². The summed E-state index contributed by atoms with van der Waals surface area (Å²) in [6.45, 7) is 3.49. The topological polar surface area (TPSA) is 56.3 Å². The molecule has 0 unspecified atom stereocenters. The third kappa shape index (κ3) is 3.98. The average molecular weight is 395 g/mol. The summed E-state index contributed by atoms with van der Waals surface area (Å²) in [7, 11) is 0. The summed E-state index contributed by atoms with van der Waals surface area (Å²) in [4.78, 5) is 30.2. The number of nitrogens with zero attached hydrogens (tertiary/aromatic N) is 1. The first-order valence-corrected chi connectivity index (χ1v) is 9.76. The summed E-state index contributed by atoms with van der Waals surface area (Å²) in [6, 6.07) is 24.5. The molecule has 0 amide bonds. The van der Waals surface area contributed by atoms with Crippen LogP contribution in [0.4, 0.5) is 0 Å². The van der Waals surface area contributed by atoms with Gasteiger partial charge in [-0.1, -0.05) is 66.2 Å². The van der Waals surface area contributed by atoms with Crippen LogP contribution in [0.1, 0.15) is 31.8 Å². The van der Waals surface area contributed by atoms with E-state index in [-0.39, 0.29) is 12.4 Å². The number of Topliss-reactive ketones (excluding diaryl/α,β-unsaturated/α-hetero) is 1. The summed E-state index contributed by atoms with van der Waals surface area (Å²) in [6.07, 6.45) is 0. The quantitative estimate of drug-likeness (QED) is 0.328. The number of aryl methyl sites for hydroxylation is 2. The number of carbonyl (C=O) groups is 2. The maximum Gasteiger partial charge on any atom is 0.339 e. The minimum absolute atomic E-state index is 0.216. The number of rotatable bonds is 5. The first-order valence-electron chi connectivity index (χ1n) is 9.76. The molecule has 0 atom stereocenters. The number of para-hydroxylation sites is 1. The molecule has 0 aliphatic rings. The van der Waals surface area contributed by atoms with Gasteiger partial charge < -0.3 is 4.74 Å². The second-order valence-electron chi connectivity index (χ2n) is 7.26. The van der Waals surface area contributed by atoms with Gasteiger partial charge in [-0.15, -0.1) is 0 Å². The fraction of sp³-hybridized carbons (Fsp3) is 0.115. The first kappa shape index (κ1) is 19.5. The Labute approximate surface area is 175 Å². The highest BCUT2D eigenvalue weighted by Gasteiger charge is 2.18. The van der Waals surface area contributed by atoms with Crippen LogP contribution in [0.5, 0.6) is 0 Å². The van der Waals surface area contributed by atoms with Gasteiger partial charge in [-0.05, 0) is 37.6 Å². The fourth-order valence-corrected chi connectivity index (χ4v) is 3.42. The van der Waals surface area contributed by atoms with Crippen LogP contribution in [0, 0.1) is 13.8 Å². The summed E-state index contributed by atoms with van der Waals surface area (Å²) < 4.78 is 5.42. The standard InChI is InChI=1S/C26H21NO3/c1-17-12-13-18(2)21(14-17)25(28)16-30-26(29)22-15-24(19-8-4-3-5-9-19)27-23-11-7-6-10-20(22)23/h3-15H,16H2,1-2H3. The Balaban J connectivity index is 1.64. The Kier molecular flexibility index (Phi) is 5.40. The van der Waals surface area contributed by atoms with E-state index in [1.807, 2.05) is 86.6 Å². The molecule has 3 aromatic carbocycles. The van der Waals surface area contributed by atoms with E-state index in [9.17, 15) is 9.59 Å². The normalized spacial score (nSPS) is 10.7. The zero-order valence-electron chi connectivity index (χ0n) is 16.9. The van der Waals surface area contributed by atoms with E-state index in [2.05, 4.69) is 4.98 Å². The molecule has 0 saturated carbocycles. The molecular formula is C26H21NO3. The number of fused-ring (bicyclic) bond motifs is 1. The molecule has 148 valence electrons. The van der Waals surface area contributed by atoms with E-state index in [1.54, 1.807) is 6.07 Å². The van der Waals surface area contributed by atoms with Crippen LogP contribution < -0.4 is 0 Å². The molecule has 4 rings (SSSR count). The van der Waals surface area contributed by atoms with E-state index in [0.29, 0.717) is 27.7 Å². The SMILES string of the molecule is Cc1ccc(C)c(C(=O)COC(=O)c2cc(-c3ccccc3)nc3ccccc23)c1. The van der Waals surface area contributed by atoms with Gasteiger partial charge in [0.25, 0.3) is 0 Å². The molecule has 4 heteroatoms. The van der Waals surface area contributed by atoms with Gasteiger partial charge in [-0.3, -0.25) is 4.79 Å². The predicted octanol–water partition coefficient (Wildman–Crippen LogP) is 5.56. The smallest absolute Gasteiger partial charge is 0.339 e. The van der Waals surface area contributed by atoms with Crippen LogP contribution in [0.3, 0.4) is 0 Å². The molecule has 1 aromatic heterocycles. The summed E-state index contributed by atoms with van der Waals surface area (Å²) in [5.41, 5.74) is 5.11. The van der Waals surface area contributed by atoms with Gasteiger partial charge in [0.15, 0.2) is 6.61 Å². The Hall–Kier alpha value is -3.79. The molecule has 4 aromatic rings. The summed E-state index contributed by atoms with van der Waals surface area (Å²) >= 11 is 0. The van der Waals surface area contributed by atoms with Gasteiger partial charge in [0, 0.05) is 16.5 Å². The van der Waals surface area contributed by atoms with E-state index < -0.39 is 5.97 Å². The van der Waals surface area contributed by atoms with Crippen LogP contribution >= 0.6 is 0 Å². The minimum atomic E-state index is -0.538. The minimum Gasteiger partial charge on any atom is -0.454 e. The lowest BCUT2D eigenvalue weighted by Crippen LogP contribution is -2.16. The molecule has 30 heavy (non-hydrogen) atoms. The lowest BCUT2D eigenvalue weighted by atomic mass is 10.0. The van der Waals surface area contributed by atoms with E-state index in [4.69, 9.17) is 4.74 Å². The Bertz CT molecular complexity index is 1250. The molecule has 1 heterocycles. The summed E-state index contributed by atoms with van der Waals surface area (Å²) in [5.74, 6) is -0.754. The highest BCUT2D eigenvalue weighted by atomic mass is 16.5. The second kappa shape index (κ2) is 8.29. The van der Waals surface area contributed by atoms with Crippen molar-refractivity contribution in [1.29, 1.82) is 0 Å². The van der Waals surface area contributed by atoms with Crippen molar-refractivity contribution in [3.05, 3.63) is 101 Å².